The minimum absolute atomic E-state index is 0.0429. The Kier molecular flexibility index (Phi) is 4.81. The second kappa shape index (κ2) is 7.01. The zero-order valence-electron chi connectivity index (χ0n) is 12.9. The molecule has 0 aromatic heterocycles. The third-order valence-corrected chi connectivity index (χ3v) is 4.19. The maximum atomic E-state index is 13.7. The molecule has 2 aromatic carbocycles. The Morgan fingerprint density at radius 2 is 1.96 bits per heavy atom. The molecule has 0 aliphatic carbocycles. The summed E-state index contributed by atoms with van der Waals surface area (Å²) in [6.07, 6.45) is 1.47. The summed E-state index contributed by atoms with van der Waals surface area (Å²) in [5.74, 6) is -1.01. The molecule has 0 saturated carbocycles. The molecule has 1 fully saturated rings. The SMILES string of the molecule is O=C(NCc1ccc(N2CCCC2=O)cc1)c1ccc(Cl)cc1F. The minimum atomic E-state index is -0.650. The van der Waals surface area contributed by atoms with E-state index in [-0.39, 0.29) is 23.0 Å². The van der Waals surface area contributed by atoms with Crippen molar-refractivity contribution in [3.8, 4) is 0 Å². The van der Waals surface area contributed by atoms with E-state index in [0.29, 0.717) is 6.42 Å². The summed E-state index contributed by atoms with van der Waals surface area (Å²) in [7, 11) is 0. The number of halogens is 2. The molecule has 3 rings (SSSR count). The van der Waals surface area contributed by atoms with Crippen LogP contribution in [0, 0.1) is 5.82 Å². The van der Waals surface area contributed by atoms with Crippen molar-refractivity contribution in [1.29, 1.82) is 0 Å². The number of carbonyl (C=O) groups excluding carboxylic acids is 2. The average Bonchev–Trinajstić information content (AvgIpc) is 2.99. The Morgan fingerprint density at radius 1 is 1.21 bits per heavy atom. The highest BCUT2D eigenvalue weighted by Crippen LogP contribution is 2.21. The van der Waals surface area contributed by atoms with Crippen molar-refractivity contribution in [3.05, 3.63) is 64.4 Å². The predicted molar refractivity (Wildman–Crippen MR) is 90.6 cm³/mol. The second-order valence-corrected chi connectivity index (χ2v) is 6.06. The lowest BCUT2D eigenvalue weighted by Crippen LogP contribution is -2.24. The van der Waals surface area contributed by atoms with Gasteiger partial charge in [-0.1, -0.05) is 23.7 Å². The quantitative estimate of drug-likeness (QED) is 0.920. The van der Waals surface area contributed by atoms with Crippen LogP contribution in [0.1, 0.15) is 28.8 Å². The summed E-state index contributed by atoms with van der Waals surface area (Å²) in [5, 5.41) is 2.92. The molecule has 6 heteroatoms. The third-order valence-electron chi connectivity index (χ3n) is 3.95. The van der Waals surface area contributed by atoms with E-state index in [1.54, 1.807) is 4.90 Å². The molecule has 2 aromatic rings. The standard InChI is InChI=1S/C18H16ClFN2O2/c19-13-5-8-15(16(20)10-13)18(24)21-11-12-3-6-14(7-4-12)22-9-1-2-17(22)23/h3-8,10H,1-2,9,11H2,(H,21,24). The summed E-state index contributed by atoms with van der Waals surface area (Å²) in [4.78, 5) is 25.5. The van der Waals surface area contributed by atoms with Gasteiger partial charge in [0.15, 0.2) is 0 Å². The van der Waals surface area contributed by atoms with Gasteiger partial charge in [0.25, 0.3) is 5.91 Å². The highest BCUT2D eigenvalue weighted by atomic mass is 35.5. The van der Waals surface area contributed by atoms with Crippen molar-refractivity contribution in [3.63, 3.8) is 0 Å². The van der Waals surface area contributed by atoms with E-state index >= 15 is 0 Å². The fourth-order valence-corrected chi connectivity index (χ4v) is 2.82. The van der Waals surface area contributed by atoms with Gasteiger partial charge >= 0.3 is 0 Å². The molecule has 1 aliphatic heterocycles. The van der Waals surface area contributed by atoms with Gasteiger partial charge in [0, 0.05) is 30.2 Å². The summed E-state index contributed by atoms with van der Waals surface area (Å²) < 4.78 is 13.7. The lowest BCUT2D eigenvalue weighted by Gasteiger charge is -2.16. The van der Waals surface area contributed by atoms with Gasteiger partial charge in [0.05, 0.1) is 5.56 Å². The zero-order chi connectivity index (χ0) is 17.1. The van der Waals surface area contributed by atoms with Gasteiger partial charge in [-0.25, -0.2) is 4.39 Å². The van der Waals surface area contributed by atoms with Gasteiger partial charge in [-0.05, 0) is 42.3 Å². The molecule has 1 saturated heterocycles. The predicted octanol–water partition coefficient (Wildman–Crippen LogP) is 3.54. The highest BCUT2D eigenvalue weighted by Gasteiger charge is 2.21. The van der Waals surface area contributed by atoms with Gasteiger partial charge in [-0.3, -0.25) is 9.59 Å². The monoisotopic (exact) mass is 346 g/mol. The molecule has 4 nitrogen and oxygen atoms in total. The lowest BCUT2D eigenvalue weighted by atomic mass is 10.1. The smallest absolute Gasteiger partial charge is 0.254 e. The maximum absolute atomic E-state index is 13.7. The van der Waals surface area contributed by atoms with Crippen molar-refractivity contribution in [2.45, 2.75) is 19.4 Å². The molecule has 124 valence electrons. The number of hydrogen-bond acceptors (Lipinski definition) is 2. The van der Waals surface area contributed by atoms with E-state index in [1.807, 2.05) is 24.3 Å². The van der Waals surface area contributed by atoms with E-state index < -0.39 is 11.7 Å². The molecule has 0 spiro atoms. The first kappa shape index (κ1) is 16.5. The van der Waals surface area contributed by atoms with Crippen molar-refractivity contribution in [2.24, 2.45) is 0 Å². The molecular formula is C18H16ClFN2O2. The van der Waals surface area contributed by atoms with Crippen molar-refractivity contribution < 1.29 is 14.0 Å². The molecule has 0 bridgehead atoms. The molecule has 1 N–H and O–H groups in total. The number of benzene rings is 2. The van der Waals surface area contributed by atoms with Crippen LogP contribution in [0.25, 0.3) is 0 Å². The fraction of sp³-hybridized carbons (Fsp3) is 0.222. The number of nitrogens with one attached hydrogen (secondary N) is 1. The summed E-state index contributed by atoms with van der Waals surface area (Å²) in [6, 6.07) is 11.3. The van der Waals surface area contributed by atoms with Gasteiger partial charge < -0.3 is 10.2 Å². The first-order chi connectivity index (χ1) is 11.5. The first-order valence-electron chi connectivity index (χ1n) is 7.67. The number of hydrogen-bond donors (Lipinski definition) is 1. The number of nitrogens with zero attached hydrogens (tertiary/aromatic N) is 1. The van der Waals surface area contributed by atoms with Crippen molar-refractivity contribution in [2.75, 3.05) is 11.4 Å². The van der Waals surface area contributed by atoms with Crippen LogP contribution < -0.4 is 10.2 Å². The van der Waals surface area contributed by atoms with Crippen LogP contribution in [0.2, 0.25) is 5.02 Å². The van der Waals surface area contributed by atoms with E-state index in [1.165, 1.54) is 12.1 Å². The van der Waals surface area contributed by atoms with Crippen LogP contribution in [0.4, 0.5) is 10.1 Å². The Bertz CT molecular complexity index is 777. The number of carbonyl (C=O) groups is 2. The minimum Gasteiger partial charge on any atom is -0.348 e. The largest absolute Gasteiger partial charge is 0.348 e. The Hall–Kier alpha value is -2.40. The molecule has 1 heterocycles. The normalized spacial score (nSPS) is 14.1. The second-order valence-electron chi connectivity index (χ2n) is 5.62. The molecule has 1 aliphatic rings. The third kappa shape index (κ3) is 3.57. The maximum Gasteiger partial charge on any atom is 0.254 e. The molecular weight excluding hydrogens is 331 g/mol. The Labute approximate surface area is 144 Å². The summed E-state index contributed by atoms with van der Waals surface area (Å²) >= 11 is 5.67. The van der Waals surface area contributed by atoms with E-state index in [0.717, 1.165) is 30.3 Å². The van der Waals surface area contributed by atoms with E-state index in [4.69, 9.17) is 11.6 Å². The van der Waals surface area contributed by atoms with Crippen LogP contribution in [0.3, 0.4) is 0 Å². The highest BCUT2D eigenvalue weighted by molar-refractivity contribution is 6.30. The van der Waals surface area contributed by atoms with Gasteiger partial charge in [0.1, 0.15) is 5.82 Å². The molecule has 0 radical (unpaired) electrons. The number of amides is 2. The zero-order valence-corrected chi connectivity index (χ0v) is 13.6. The Balaban J connectivity index is 1.62. The van der Waals surface area contributed by atoms with Crippen LogP contribution in [0.15, 0.2) is 42.5 Å². The van der Waals surface area contributed by atoms with Crippen LogP contribution in [-0.4, -0.2) is 18.4 Å². The topological polar surface area (TPSA) is 49.4 Å². The van der Waals surface area contributed by atoms with E-state index in [2.05, 4.69) is 5.32 Å². The van der Waals surface area contributed by atoms with Gasteiger partial charge in [0.2, 0.25) is 5.91 Å². The fourth-order valence-electron chi connectivity index (χ4n) is 2.67. The first-order valence-corrected chi connectivity index (χ1v) is 8.05. The van der Waals surface area contributed by atoms with Crippen molar-refractivity contribution >= 4 is 29.1 Å². The van der Waals surface area contributed by atoms with Gasteiger partial charge in [-0.15, -0.1) is 0 Å². The molecule has 24 heavy (non-hydrogen) atoms. The molecule has 0 unspecified atom stereocenters. The van der Waals surface area contributed by atoms with Crippen LogP contribution in [0.5, 0.6) is 0 Å². The molecule has 2 amide bonds. The van der Waals surface area contributed by atoms with E-state index in [9.17, 15) is 14.0 Å². The summed E-state index contributed by atoms with van der Waals surface area (Å²) in [5.41, 5.74) is 1.68. The average molecular weight is 347 g/mol. The van der Waals surface area contributed by atoms with Gasteiger partial charge in [-0.2, -0.15) is 0 Å². The van der Waals surface area contributed by atoms with Crippen LogP contribution in [-0.2, 0) is 11.3 Å². The lowest BCUT2D eigenvalue weighted by molar-refractivity contribution is -0.117. The Morgan fingerprint density at radius 3 is 2.58 bits per heavy atom. The molecule has 0 atom stereocenters. The van der Waals surface area contributed by atoms with Crippen LogP contribution >= 0.6 is 11.6 Å². The van der Waals surface area contributed by atoms with Crippen molar-refractivity contribution in [1.82, 2.24) is 5.32 Å². The summed E-state index contributed by atoms with van der Waals surface area (Å²) in [6.45, 7) is 1.01. The number of anilines is 1. The number of rotatable bonds is 4.